The Morgan fingerprint density at radius 2 is 2.00 bits per heavy atom. The maximum atomic E-state index is 11.4. The highest BCUT2D eigenvalue weighted by atomic mass is 16.3. The Morgan fingerprint density at radius 3 is 2.60 bits per heavy atom. The molecule has 2 aromatic heterocycles. The van der Waals surface area contributed by atoms with Gasteiger partial charge in [-0.1, -0.05) is 19.1 Å². The van der Waals surface area contributed by atoms with Crippen molar-refractivity contribution in [1.29, 1.82) is 5.26 Å². The molecule has 3 aromatic rings. The zero-order chi connectivity index (χ0) is 17.8. The van der Waals surface area contributed by atoms with Crippen molar-refractivity contribution in [3.05, 3.63) is 54.4 Å². The molecule has 2 heterocycles. The van der Waals surface area contributed by atoms with Crippen LogP contribution in [0.1, 0.15) is 18.9 Å². The van der Waals surface area contributed by atoms with E-state index in [4.69, 9.17) is 5.26 Å². The van der Waals surface area contributed by atoms with Crippen LogP contribution >= 0.6 is 0 Å². The molecular weight excluding hydrogens is 318 g/mol. The summed E-state index contributed by atoms with van der Waals surface area (Å²) >= 11 is 0. The summed E-state index contributed by atoms with van der Waals surface area (Å²) in [5.41, 5.74) is 2.40. The summed E-state index contributed by atoms with van der Waals surface area (Å²) in [7, 11) is 0. The highest BCUT2D eigenvalue weighted by Crippen LogP contribution is 2.30. The molecule has 124 valence electrons. The van der Waals surface area contributed by atoms with E-state index in [2.05, 4.69) is 21.5 Å². The third kappa shape index (κ3) is 3.33. The van der Waals surface area contributed by atoms with Crippen molar-refractivity contribution in [2.45, 2.75) is 13.3 Å². The average molecular weight is 333 g/mol. The average Bonchev–Trinajstić information content (AvgIpc) is 3.04. The third-order valence-electron chi connectivity index (χ3n) is 3.64. The number of hydrogen-bond acceptors (Lipinski definition) is 5. The number of aromatic hydroxyl groups is 1. The van der Waals surface area contributed by atoms with Crippen LogP contribution in [0.25, 0.3) is 16.9 Å². The molecule has 1 amide bonds. The lowest BCUT2D eigenvalue weighted by atomic mass is 10.1. The van der Waals surface area contributed by atoms with E-state index < -0.39 is 0 Å². The molecule has 0 fully saturated rings. The van der Waals surface area contributed by atoms with Gasteiger partial charge in [-0.3, -0.25) is 4.79 Å². The molecule has 0 saturated carbocycles. The van der Waals surface area contributed by atoms with Crippen LogP contribution in [0.15, 0.2) is 48.8 Å². The van der Waals surface area contributed by atoms with E-state index in [1.54, 1.807) is 43.3 Å². The monoisotopic (exact) mass is 333 g/mol. The van der Waals surface area contributed by atoms with E-state index in [0.717, 1.165) is 5.56 Å². The maximum Gasteiger partial charge on any atom is 0.224 e. The number of nitrogens with zero attached hydrogens (tertiary/aromatic N) is 4. The lowest BCUT2D eigenvalue weighted by molar-refractivity contribution is -0.115. The number of nitriles is 1. The van der Waals surface area contributed by atoms with Gasteiger partial charge in [0.25, 0.3) is 0 Å². The first kappa shape index (κ1) is 16.2. The van der Waals surface area contributed by atoms with E-state index in [-0.39, 0.29) is 11.8 Å². The van der Waals surface area contributed by atoms with Gasteiger partial charge in [-0.25, -0.2) is 4.98 Å². The molecule has 0 saturated heterocycles. The van der Waals surface area contributed by atoms with Crippen molar-refractivity contribution in [3.63, 3.8) is 0 Å². The van der Waals surface area contributed by atoms with Gasteiger partial charge in [-0.05, 0) is 29.8 Å². The van der Waals surface area contributed by atoms with E-state index >= 15 is 0 Å². The molecule has 3 rings (SSSR count). The second-order valence-corrected chi connectivity index (χ2v) is 5.29. The summed E-state index contributed by atoms with van der Waals surface area (Å²) < 4.78 is 1.30. The van der Waals surface area contributed by atoms with Gasteiger partial charge in [0.1, 0.15) is 0 Å². The molecule has 1 aromatic carbocycles. The maximum absolute atomic E-state index is 11.4. The number of hydrogen-bond donors (Lipinski definition) is 2. The van der Waals surface area contributed by atoms with Crippen LogP contribution in [0, 0.1) is 11.3 Å². The molecule has 0 bridgehead atoms. The first-order valence-corrected chi connectivity index (χ1v) is 7.66. The molecule has 0 aliphatic rings. The quantitative estimate of drug-likeness (QED) is 0.764. The Hall–Kier alpha value is -3.66. The molecule has 0 aliphatic carbocycles. The number of nitrogens with one attached hydrogen (secondary N) is 1. The van der Waals surface area contributed by atoms with Crippen LogP contribution in [-0.4, -0.2) is 25.8 Å². The summed E-state index contributed by atoms with van der Waals surface area (Å²) in [6.07, 6.45) is 3.42. The number of rotatable bonds is 4. The minimum absolute atomic E-state index is 0.0532. The van der Waals surface area contributed by atoms with Crippen molar-refractivity contribution in [3.8, 4) is 28.9 Å². The van der Waals surface area contributed by atoms with E-state index in [1.807, 2.05) is 0 Å². The Morgan fingerprint density at radius 1 is 1.24 bits per heavy atom. The molecule has 0 aliphatic heterocycles. The molecule has 25 heavy (non-hydrogen) atoms. The van der Waals surface area contributed by atoms with Crippen LogP contribution in [-0.2, 0) is 4.79 Å². The number of pyridine rings is 1. The number of carbonyl (C=O) groups is 1. The standard InChI is InChI=1S/C18H15N5O2/c1-2-17(24)22-14-7-8-16(20-10-14)23-18(25)15(11-21-23)13-5-3-12(9-19)4-6-13/h3-8,10-11,25H,2H2,1H3,(H,22,24). The first-order chi connectivity index (χ1) is 12.1. The fourth-order valence-electron chi connectivity index (χ4n) is 2.27. The zero-order valence-corrected chi connectivity index (χ0v) is 13.5. The second-order valence-electron chi connectivity index (χ2n) is 5.29. The molecule has 2 N–H and O–H groups in total. The van der Waals surface area contributed by atoms with Gasteiger partial charge in [-0.2, -0.15) is 15.0 Å². The number of amides is 1. The van der Waals surface area contributed by atoms with Crippen molar-refractivity contribution in [2.75, 3.05) is 5.32 Å². The molecule has 7 nitrogen and oxygen atoms in total. The summed E-state index contributed by atoms with van der Waals surface area (Å²) in [6.45, 7) is 1.77. The third-order valence-corrected chi connectivity index (χ3v) is 3.64. The SMILES string of the molecule is CCC(=O)Nc1ccc(-n2ncc(-c3ccc(C#N)cc3)c2O)nc1. The van der Waals surface area contributed by atoms with E-state index in [1.165, 1.54) is 17.1 Å². The van der Waals surface area contributed by atoms with Crippen LogP contribution in [0.2, 0.25) is 0 Å². The van der Waals surface area contributed by atoms with Gasteiger partial charge in [0.05, 0.1) is 35.3 Å². The minimum atomic E-state index is -0.0976. The van der Waals surface area contributed by atoms with Crippen LogP contribution < -0.4 is 5.32 Å². The smallest absolute Gasteiger partial charge is 0.224 e. The number of anilines is 1. The Bertz CT molecular complexity index is 937. The fraction of sp³-hybridized carbons (Fsp3) is 0.111. The van der Waals surface area contributed by atoms with Gasteiger partial charge >= 0.3 is 0 Å². The fourth-order valence-corrected chi connectivity index (χ4v) is 2.27. The van der Waals surface area contributed by atoms with Crippen molar-refractivity contribution in [2.24, 2.45) is 0 Å². The molecule has 0 spiro atoms. The zero-order valence-electron chi connectivity index (χ0n) is 13.5. The van der Waals surface area contributed by atoms with Gasteiger partial charge in [0.15, 0.2) is 5.82 Å². The van der Waals surface area contributed by atoms with Crippen molar-refractivity contribution in [1.82, 2.24) is 14.8 Å². The van der Waals surface area contributed by atoms with Crippen LogP contribution in [0.5, 0.6) is 5.88 Å². The van der Waals surface area contributed by atoms with Gasteiger partial charge < -0.3 is 10.4 Å². The predicted molar refractivity (Wildman–Crippen MR) is 92.1 cm³/mol. The Kier molecular flexibility index (Phi) is 4.44. The van der Waals surface area contributed by atoms with Gasteiger partial charge in [-0.15, -0.1) is 0 Å². The number of carbonyl (C=O) groups excluding carboxylic acids is 1. The Labute approximate surface area is 144 Å². The van der Waals surface area contributed by atoms with Gasteiger partial charge in [0.2, 0.25) is 11.8 Å². The predicted octanol–water partition coefficient (Wildman–Crippen LogP) is 2.86. The van der Waals surface area contributed by atoms with Crippen molar-refractivity contribution < 1.29 is 9.90 Å². The number of benzene rings is 1. The summed E-state index contributed by atoms with van der Waals surface area (Å²) in [4.78, 5) is 15.6. The number of aromatic nitrogens is 3. The highest BCUT2D eigenvalue weighted by molar-refractivity contribution is 5.90. The summed E-state index contributed by atoms with van der Waals surface area (Å²) in [6, 6.07) is 12.2. The highest BCUT2D eigenvalue weighted by Gasteiger charge is 2.14. The van der Waals surface area contributed by atoms with Crippen LogP contribution in [0.3, 0.4) is 0 Å². The molecule has 0 radical (unpaired) electrons. The lowest BCUT2D eigenvalue weighted by Gasteiger charge is -2.06. The molecular formula is C18H15N5O2. The summed E-state index contributed by atoms with van der Waals surface area (Å²) in [5.74, 6) is 0.272. The lowest BCUT2D eigenvalue weighted by Crippen LogP contribution is -2.10. The first-order valence-electron chi connectivity index (χ1n) is 7.66. The van der Waals surface area contributed by atoms with Gasteiger partial charge in [0, 0.05) is 6.42 Å². The topological polar surface area (TPSA) is 104 Å². The van der Waals surface area contributed by atoms with Crippen LogP contribution in [0.4, 0.5) is 5.69 Å². The minimum Gasteiger partial charge on any atom is -0.493 e. The Balaban J connectivity index is 1.87. The molecule has 0 atom stereocenters. The second kappa shape index (κ2) is 6.84. The molecule has 7 heteroatoms. The largest absolute Gasteiger partial charge is 0.493 e. The van der Waals surface area contributed by atoms with E-state index in [0.29, 0.717) is 29.1 Å². The molecule has 0 unspecified atom stereocenters. The normalized spacial score (nSPS) is 10.2. The van der Waals surface area contributed by atoms with E-state index in [9.17, 15) is 9.90 Å². The van der Waals surface area contributed by atoms with Crippen molar-refractivity contribution >= 4 is 11.6 Å². The summed E-state index contributed by atoms with van der Waals surface area (Å²) in [5, 5.41) is 26.2.